The summed E-state index contributed by atoms with van der Waals surface area (Å²) in [6.45, 7) is 5.27. The lowest BCUT2D eigenvalue weighted by molar-refractivity contribution is -0.384. The van der Waals surface area contributed by atoms with Gasteiger partial charge in [0, 0.05) is 12.1 Å². The fourth-order valence-electron chi connectivity index (χ4n) is 1.72. The van der Waals surface area contributed by atoms with Gasteiger partial charge in [0.1, 0.15) is 10.7 Å². The van der Waals surface area contributed by atoms with E-state index in [2.05, 4.69) is 15.3 Å². The number of carbonyl (C=O) groups is 1. The first-order valence-electron chi connectivity index (χ1n) is 6.99. The second-order valence-corrected chi connectivity index (χ2v) is 5.75. The van der Waals surface area contributed by atoms with Gasteiger partial charge in [0.2, 0.25) is 4.80 Å². The summed E-state index contributed by atoms with van der Waals surface area (Å²) in [5, 5.41) is 23.7. The van der Waals surface area contributed by atoms with Crippen LogP contribution < -0.4 is 4.80 Å². The lowest BCUT2D eigenvalue weighted by Gasteiger charge is -2.00. The van der Waals surface area contributed by atoms with Crippen molar-refractivity contribution in [1.29, 1.82) is 0 Å². The van der Waals surface area contributed by atoms with Gasteiger partial charge in [0.15, 0.2) is 0 Å². The Labute approximate surface area is 141 Å². The summed E-state index contributed by atoms with van der Waals surface area (Å²) in [5.74, 6) is -0.538. The number of aromatic nitrogens is 2. The van der Waals surface area contributed by atoms with Crippen LogP contribution in [0.5, 0.6) is 0 Å². The summed E-state index contributed by atoms with van der Waals surface area (Å²) >= 11 is 1.28. The molecule has 0 aliphatic carbocycles. The van der Waals surface area contributed by atoms with Crippen molar-refractivity contribution < 1.29 is 14.5 Å². The number of non-ortho nitro benzene ring substituents is 1. The standard InChI is InChI=1S/C14H15N5O4S/c1-4-23-13(20)9(2)15-16-14-18(17-10(3)24-14)11-5-7-12(8-6-11)19(21)22/h5-8H,4H2,1-3H3. The number of esters is 1. The molecular weight excluding hydrogens is 334 g/mol. The molecule has 1 aromatic carbocycles. The van der Waals surface area contributed by atoms with Gasteiger partial charge in [-0.25, -0.2) is 9.48 Å². The number of benzene rings is 1. The highest BCUT2D eigenvalue weighted by molar-refractivity contribution is 7.08. The Morgan fingerprint density at radius 2 is 2.08 bits per heavy atom. The normalized spacial score (nSPS) is 12.3. The highest BCUT2D eigenvalue weighted by atomic mass is 32.1. The molecule has 1 aromatic heterocycles. The zero-order valence-electron chi connectivity index (χ0n) is 13.3. The van der Waals surface area contributed by atoms with Gasteiger partial charge in [0.05, 0.1) is 17.2 Å². The summed E-state index contributed by atoms with van der Waals surface area (Å²) in [6, 6.07) is 5.90. The van der Waals surface area contributed by atoms with Gasteiger partial charge in [-0.2, -0.15) is 5.10 Å². The molecule has 0 N–H and O–H groups in total. The Morgan fingerprint density at radius 1 is 1.42 bits per heavy atom. The van der Waals surface area contributed by atoms with Gasteiger partial charge in [-0.15, -0.1) is 10.2 Å². The minimum Gasteiger partial charge on any atom is -0.461 e. The molecular formula is C14H15N5O4S. The fourth-order valence-corrected chi connectivity index (χ4v) is 2.42. The monoisotopic (exact) mass is 349 g/mol. The van der Waals surface area contributed by atoms with Crippen LogP contribution >= 0.6 is 11.3 Å². The Morgan fingerprint density at radius 3 is 2.67 bits per heavy atom. The van der Waals surface area contributed by atoms with Crippen LogP contribution in [0.4, 0.5) is 5.69 Å². The zero-order chi connectivity index (χ0) is 17.7. The third-order valence-electron chi connectivity index (χ3n) is 2.82. The van der Waals surface area contributed by atoms with E-state index in [1.54, 1.807) is 26.0 Å². The fraction of sp³-hybridized carbons (Fsp3) is 0.286. The van der Waals surface area contributed by atoms with Gasteiger partial charge < -0.3 is 4.74 Å². The van der Waals surface area contributed by atoms with E-state index in [1.165, 1.54) is 35.1 Å². The Bertz CT molecular complexity index is 851. The van der Waals surface area contributed by atoms with Crippen molar-refractivity contribution in [1.82, 2.24) is 9.78 Å². The molecule has 2 aromatic rings. The molecule has 0 radical (unpaired) electrons. The van der Waals surface area contributed by atoms with Gasteiger partial charge >= 0.3 is 5.97 Å². The van der Waals surface area contributed by atoms with E-state index < -0.39 is 10.9 Å². The SMILES string of the molecule is CCOC(=O)C(C)=NN=c1sc(C)nn1-c1ccc([N+](=O)[O-])cc1. The summed E-state index contributed by atoms with van der Waals surface area (Å²) < 4.78 is 6.34. The molecule has 0 saturated carbocycles. The molecule has 0 fully saturated rings. The molecule has 10 heteroatoms. The predicted molar refractivity (Wildman–Crippen MR) is 88.1 cm³/mol. The Kier molecular flexibility index (Phi) is 5.53. The van der Waals surface area contributed by atoms with E-state index in [4.69, 9.17) is 4.74 Å². The van der Waals surface area contributed by atoms with Crippen molar-refractivity contribution in [3.05, 3.63) is 44.2 Å². The number of nitrogens with zero attached hydrogens (tertiary/aromatic N) is 5. The number of rotatable bonds is 5. The van der Waals surface area contributed by atoms with Crippen LogP contribution in [0.3, 0.4) is 0 Å². The maximum atomic E-state index is 11.5. The molecule has 24 heavy (non-hydrogen) atoms. The minimum atomic E-state index is -0.538. The van der Waals surface area contributed by atoms with Crippen molar-refractivity contribution in [3.8, 4) is 5.69 Å². The van der Waals surface area contributed by atoms with Crippen LogP contribution in [0.15, 0.2) is 34.5 Å². The molecule has 0 saturated heterocycles. The first kappa shape index (κ1) is 17.5. The van der Waals surface area contributed by atoms with Gasteiger partial charge in [-0.1, -0.05) is 11.3 Å². The smallest absolute Gasteiger partial charge is 0.354 e. The van der Waals surface area contributed by atoms with Gasteiger partial charge in [-0.3, -0.25) is 10.1 Å². The molecule has 0 aliphatic heterocycles. The molecule has 0 aliphatic rings. The van der Waals surface area contributed by atoms with Gasteiger partial charge in [0.25, 0.3) is 5.69 Å². The quantitative estimate of drug-likeness (QED) is 0.354. The summed E-state index contributed by atoms with van der Waals surface area (Å²) in [5.41, 5.74) is 0.715. The number of carbonyl (C=O) groups excluding carboxylic acids is 1. The largest absolute Gasteiger partial charge is 0.461 e. The van der Waals surface area contributed by atoms with Gasteiger partial charge in [-0.05, 0) is 32.9 Å². The van der Waals surface area contributed by atoms with Crippen LogP contribution in [0.2, 0.25) is 0 Å². The molecule has 0 spiro atoms. The molecule has 0 atom stereocenters. The number of hydrogen-bond donors (Lipinski definition) is 0. The first-order chi connectivity index (χ1) is 11.4. The lowest BCUT2D eigenvalue weighted by Crippen LogP contribution is -2.16. The lowest BCUT2D eigenvalue weighted by atomic mass is 10.3. The summed E-state index contributed by atoms with van der Waals surface area (Å²) in [4.78, 5) is 22.2. The van der Waals surface area contributed by atoms with E-state index in [-0.39, 0.29) is 18.0 Å². The zero-order valence-corrected chi connectivity index (χ0v) is 14.1. The number of nitro benzene ring substituents is 1. The van der Waals surface area contributed by atoms with E-state index in [1.807, 2.05) is 0 Å². The third kappa shape index (κ3) is 4.10. The van der Waals surface area contributed by atoms with Crippen LogP contribution in [0.1, 0.15) is 18.9 Å². The average molecular weight is 349 g/mol. The average Bonchev–Trinajstić information content (AvgIpc) is 2.93. The van der Waals surface area contributed by atoms with E-state index >= 15 is 0 Å². The number of nitro groups is 1. The molecule has 2 rings (SSSR count). The van der Waals surface area contributed by atoms with Crippen molar-refractivity contribution in [2.24, 2.45) is 10.2 Å². The van der Waals surface area contributed by atoms with E-state index in [0.717, 1.165) is 5.01 Å². The topological polar surface area (TPSA) is 112 Å². The minimum absolute atomic E-state index is 0.0130. The van der Waals surface area contributed by atoms with Crippen LogP contribution in [-0.2, 0) is 9.53 Å². The molecule has 126 valence electrons. The number of ether oxygens (including phenoxy) is 1. The van der Waals surface area contributed by atoms with E-state index in [9.17, 15) is 14.9 Å². The van der Waals surface area contributed by atoms with Crippen LogP contribution in [0, 0.1) is 17.0 Å². The summed E-state index contributed by atoms with van der Waals surface area (Å²) in [7, 11) is 0. The number of aryl methyl sites for hydroxylation is 1. The van der Waals surface area contributed by atoms with E-state index in [0.29, 0.717) is 10.5 Å². The van der Waals surface area contributed by atoms with Crippen molar-refractivity contribution >= 4 is 28.7 Å². The second-order valence-electron chi connectivity index (χ2n) is 4.59. The summed E-state index contributed by atoms with van der Waals surface area (Å²) in [6.07, 6.45) is 0. The number of hydrogen-bond acceptors (Lipinski definition) is 8. The van der Waals surface area contributed by atoms with Crippen LogP contribution in [-0.4, -0.2) is 33.0 Å². The van der Waals surface area contributed by atoms with Crippen molar-refractivity contribution in [2.75, 3.05) is 6.61 Å². The highest BCUT2D eigenvalue weighted by Gasteiger charge is 2.09. The predicted octanol–water partition coefficient (Wildman–Crippen LogP) is 1.99. The molecule has 1 heterocycles. The maximum absolute atomic E-state index is 11.5. The molecule has 9 nitrogen and oxygen atoms in total. The van der Waals surface area contributed by atoms with Crippen molar-refractivity contribution in [3.63, 3.8) is 0 Å². The highest BCUT2D eigenvalue weighted by Crippen LogP contribution is 2.14. The third-order valence-corrected chi connectivity index (χ3v) is 3.64. The molecule has 0 bridgehead atoms. The second kappa shape index (κ2) is 7.59. The Hall–Kier alpha value is -2.88. The molecule has 0 amide bonds. The van der Waals surface area contributed by atoms with Crippen LogP contribution in [0.25, 0.3) is 5.69 Å². The maximum Gasteiger partial charge on any atom is 0.354 e. The Balaban J connectivity index is 2.40. The molecule has 0 unspecified atom stereocenters. The van der Waals surface area contributed by atoms with Crippen molar-refractivity contribution in [2.45, 2.75) is 20.8 Å². The first-order valence-corrected chi connectivity index (χ1v) is 7.81.